The molecule has 0 aliphatic heterocycles. The summed E-state index contributed by atoms with van der Waals surface area (Å²) in [5.41, 5.74) is 0.553. The molecule has 40 heavy (non-hydrogen) atoms. The molecule has 5 atom stereocenters. The average molecular weight is 563 g/mol. The fourth-order valence-electron chi connectivity index (χ4n) is 7.56. The minimum atomic E-state index is 0.553. The van der Waals surface area contributed by atoms with Crippen molar-refractivity contribution < 1.29 is 0 Å². The van der Waals surface area contributed by atoms with E-state index in [4.69, 9.17) is 0 Å². The van der Waals surface area contributed by atoms with Crippen molar-refractivity contribution in [1.29, 1.82) is 0 Å². The van der Waals surface area contributed by atoms with Gasteiger partial charge in [0.15, 0.2) is 0 Å². The standard InChI is InChI=1S/C40H82/c1-13-40(30-18-27-36(9)24-15-21-33(4)5,31-19-28-37(10)25-16-22-34(6)7)39(12)38(11)29-17-26-35(8)23-14-20-32(2)3/h32-39H,13-31H2,1-12H3. The maximum Gasteiger partial charge on any atom is -0.0272 e. The Hall–Kier alpha value is 0. The lowest BCUT2D eigenvalue weighted by molar-refractivity contribution is 0.0751. The van der Waals surface area contributed by atoms with Crippen molar-refractivity contribution in [2.45, 2.75) is 205 Å². The first-order valence-corrected chi connectivity index (χ1v) is 18.8. The molecule has 0 heterocycles. The van der Waals surface area contributed by atoms with Gasteiger partial charge in [0.2, 0.25) is 0 Å². The topological polar surface area (TPSA) is 0 Å². The van der Waals surface area contributed by atoms with E-state index >= 15 is 0 Å². The Labute approximate surface area is 257 Å². The molecule has 0 radical (unpaired) electrons. The Balaban J connectivity index is 5.03. The van der Waals surface area contributed by atoms with Gasteiger partial charge in [-0.05, 0) is 65.6 Å². The fraction of sp³-hybridized carbons (Fsp3) is 1.00. The molecule has 0 aromatic heterocycles. The third-order valence-electron chi connectivity index (χ3n) is 11.1. The highest BCUT2D eigenvalue weighted by Crippen LogP contribution is 2.47. The fourth-order valence-corrected chi connectivity index (χ4v) is 7.56. The Morgan fingerprint density at radius 2 is 0.675 bits per heavy atom. The highest BCUT2D eigenvalue weighted by Gasteiger charge is 2.36. The second-order valence-electron chi connectivity index (χ2n) is 16.5. The van der Waals surface area contributed by atoms with Gasteiger partial charge in [-0.15, -0.1) is 0 Å². The van der Waals surface area contributed by atoms with E-state index in [-0.39, 0.29) is 0 Å². The van der Waals surface area contributed by atoms with Gasteiger partial charge in [0.1, 0.15) is 0 Å². The van der Waals surface area contributed by atoms with Gasteiger partial charge in [0.05, 0.1) is 0 Å². The van der Waals surface area contributed by atoms with Crippen LogP contribution in [0.2, 0.25) is 0 Å². The molecule has 0 saturated heterocycles. The molecule has 0 fully saturated rings. The van der Waals surface area contributed by atoms with Crippen LogP contribution in [0.1, 0.15) is 205 Å². The molecule has 0 aromatic rings. The van der Waals surface area contributed by atoms with E-state index in [0.29, 0.717) is 5.41 Å². The quantitative estimate of drug-likeness (QED) is 0.0933. The summed E-state index contributed by atoms with van der Waals surface area (Å²) in [4.78, 5) is 0. The zero-order valence-corrected chi connectivity index (χ0v) is 30.6. The van der Waals surface area contributed by atoms with Crippen LogP contribution >= 0.6 is 0 Å². The van der Waals surface area contributed by atoms with Crippen molar-refractivity contribution in [1.82, 2.24) is 0 Å². The molecule has 242 valence electrons. The number of rotatable bonds is 27. The maximum atomic E-state index is 2.67. The Morgan fingerprint density at radius 3 is 0.975 bits per heavy atom. The van der Waals surface area contributed by atoms with Crippen molar-refractivity contribution in [3.05, 3.63) is 0 Å². The maximum absolute atomic E-state index is 2.67. The molecule has 0 aliphatic rings. The summed E-state index contributed by atoms with van der Waals surface area (Å²) in [7, 11) is 0. The lowest BCUT2D eigenvalue weighted by atomic mass is 9.62. The minimum absolute atomic E-state index is 0.553. The van der Waals surface area contributed by atoms with Crippen molar-refractivity contribution in [2.75, 3.05) is 0 Å². The first-order chi connectivity index (χ1) is 18.8. The third-order valence-corrected chi connectivity index (χ3v) is 11.1. The van der Waals surface area contributed by atoms with Crippen LogP contribution in [0.15, 0.2) is 0 Å². The molecule has 0 nitrogen and oxygen atoms in total. The molecule has 0 aliphatic carbocycles. The summed E-state index contributed by atoms with van der Waals surface area (Å²) in [6.07, 6.45) is 27.2. The van der Waals surface area contributed by atoms with Gasteiger partial charge in [0.25, 0.3) is 0 Å². The second kappa shape index (κ2) is 23.5. The van der Waals surface area contributed by atoms with E-state index in [2.05, 4.69) is 83.1 Å². The Bertz CT molecular complexity index is 516. The van der Waals surface area contributed by atoms with E-state index in [1.165, 1.54) is 122 Å². The van der Waals surface area contributed by atoms with Crippen LogP contribution in [0, 0.1) is 52.8 Å². The predicted molar refractivity (Wildman–Crippen MR) is 186 cm³/mol. The molecule has 0 heteroatoms. The molecule has 5 unspecified atom stereocenters. The van der Waals surface area contributed by atoms with Crippen LogP contribution in [0.25, 0.3) is 0 Å². The first-order valence-electron chi connectivity index (χ1n) is 18.8. The van der Waals surface area contributed by atoms with Gasteiger partial charge >= 0.3 is 0 Å². The smallest absolute Gasteiger partial charge is 0.0272 e. The lowest BCUT2D eigenvalue weighted by Gasteiger charge is -2.43. The zero-order chi connectivity index (χ0) is 30.6. The summed E-state index contributed by atoms with van der Waals surface area (Å²) in [6, 6.07) is 0. The van der Waals surface area contributed by atoms with E-state index in [1.807, 2.05) is 0 Å². The first kappa shape index (κ1) is 40.0. The van der Waals surface area contributed by atoms with Crippen LogP contribution in [0.5, 0.6) is 0 Å². The van der Waals surface area contributed by atoms with Crippen LogP contribution in [-0.2, 0) is 0 Å². The van der Waals surface area contributed by atoms with Crippen LogP contribution in [0.4, 0.5) is 0 Å². The van der Waals surface area contributed by atoms with E-state index in [1.54, 1.807) is 0 Å². The molecule has 0 rings (SSSR count). The molecule has 0 bridgehead atoms. The van der Waals surface area contributed by atoms with Crippen molar-refractivity contribution in [3.63, 3.8) is 0 Å². The van der Waals surface area contributed by atoms with Gasteiger partial charge in [-0.3, -0.25) is 0 Å². The number of hydrogen-bond acceptors (Lipinski definition) is 0. The van der Waals surface area contributed by atoms with E-state index in [0.717, 1.165) is 47.3 Å². The molecule has 0 N–H and O–H groups in total. The third kappa shape index (κ3) is 20.0. The van der Waals surface area contributed by atoms with E-state index in [9.17, 15) is 0 Å². The summed E-state index contributed by atoms with van der Waals surface area (Å²) >= 11 is 0. The largest absolute Gasteiger partial charge is 0.0648 e. The molecular weight excluding hydrogens is 480 g/mol. The summed E-state index contributed by atoms with van der Waals surface area (Å²) < 4.78 is 0. The minimum Gasteiger partial charge on any atom is -0.0648 e. The summed E-state index contributed by atoms with van der Waals surface area (Å²) in [5, 5.41) is 0. The van der Waals surface area contributed by atoms with Crippen molar-refractivity contribution in [3.8, 4) is 0 Å². The highest BCUT2D eigenvalue weighted by molar-refractivity contribution is 4.86. The van der Waals surface area contributed by atoms with Gasteiger partial charge in [-0.2, -0.15) is 0 Å². The van der Waals surface area contributed by atoms with Gasteiger partial charge in [0, 0.05) is 0 Å². The van der Waals surface area contributed by atoms with Crippen molar-refractivity contribution >= 4 is 0 Å². The van der Waals surface area contributed by atoms with Gasteiger partial charge < -0.3 is 0 Å². The highest BCUT2D eigenvalue weighted by atomic mass is 14.4. The second-order valence-corrected chi connectivity index (χ2v) is 16.5. The summed E-state index contributed by atoms with van der Waals surface area (Å²) in [6.45, 7) is 29.6. The summed E-state index contributed by atoms with van der Waals surface area (Å²) in [5.74, 6) is 7.00. The molecule has 0 amide bonds. The SMILES string of the molecule is CCC(CCCC(C)CCCC(C)C)(CCCC(C)CCCC(C)C)C(C)C(C)CCCC(C)CCCC(C)C. The van der Waals surface area contributed by atoms with Crippen LogP contribution in [0.3, 0.4) is 0 Å². The zero-order valence-electron chi connectivity index (χ0n) is 30.6. The Kier molecular flexibility index (Phi) is 23.5. The molecule has 0 aromatic carbocycles. The molecular formula is C40H82. The molecule has 0 spiro atoms. The monoisotopic (exact) mass is 563 g/mol. The van der Waals surface area contributed by atoms with Gasteiger partial charge in [-0.25, -0.2) is 0 Å². The average Bonchev–Trinajstić information content (AvgIpc) is 2.86. The van der Waals surface area contributed by atoms with Crippen LogP contribution in [-0.4, -0.2) is 0 Å². The molecule has 0 saturated carbocycles. The number of hydrogen-bond donors (Lipinski definition) is 0. The lowest BCUT2D eigenvalue weighted by Crippen LogP contribution is -2.33. The normalized spacial score (nSPS) is 17.8. The predicted octanol–water partition coefficient (Wildman–Crippen LogP) is 14.6. The van der Waals surface area contributed by atoms with Gasteiger partial charge in [-0.1, -0.05) is 192 Å². The van der Waals surface area contributed by atoms with E-state index < -0.39 is 0 Å². The van der Waals surface area contributed by atoms with Crippen LogP contribution < -0.4 is 0 Å². The van der Waals surface area contributed by atoms with Crippen molar-refractivity contribution in [2.24, 2.45) is 52.8 Å². The Morgan fingerprint density at radius 1 is 0.375 bits per heavy atom.